The molecule has 0 saturated heterocycles. The number of allylic oxidation sites excluding steroid dienone is 4. The van der Waals surface area contributed by atoms with E-state index >= 15 is 0 Å². The quantitative estimate of drug-likeness (QED) is 0.679. The van der Waals surface area contributed by atoms with Gasteiger partial charge in [0.2, 0.25) is 0 Å². The summed E-state index contributed by atoms with van der Waals surface area (Å²) in [5.74, 6) is 0. The predicted octanol–water partition coefficient (Wildman–Crippen LogP) is 3.57. The molecule has 0 radical (unpaired) electrons. The monoisotopic (exact) mass is 205 g/mol. The fourth-order valence-electron chi connectivity index (χ4n) is 2.62. The Balaban J connectivity index is 1.75. The summed E-state index contributed by atoms with van der Waals surface area (Å²) in [6.07, 6.45) is 19.8. The molecule has 0 unspecified atom stereocenters. The first kappa shape index (κ1) is 10.9. The summed E-state index contributed by atoms with van der Waals surface area (Å²) in [6, 6.07) is 1.53. The molecule has 0 spiro atoms. The summed E-state index contributed by atoms with van der Waals surface area (Å²) in [7, 11) is 0. The Morgan fingerprint density at radius 2 is 0.933 bits per heavy atom. The van der Waals surface area contributed by atoms with E-state index in [0.29, 0.717) is 0 Å². The minimum Gasteiger partial charge on any atom is -0.311 e. The van der Waals surface area contributed by atoms with E-state index in [4.69, 9.17) is 0 Å². The minimum atomic E-state index is 0.767. The first-order chi connectivity index (χ1) is 7.45. The second kappa shape index (κ2) is 6.12. The van der Waals surface area contributed by atoms with Gasteiger partial charge in [0.1, 0.15) is 0 Å². The number of hydrogen-bond acceptors (Lipinski definition) is 1. The fourth-order valence-corrected chi connectivity index (χ4v) is 2.62. The van der Waals surface area contributed by atoms with Gasteiger partial charge in [0, 0.05) is 12.1 Å². The van der Waals surface area contributed by atoms with Gasteiger partial charge in [0.25, 0.3) is 0 Å². The van der Waals surface area contributed by atoms with Crippen LogP contribution in [0.25, 0.3) is 0 Å². The van der Waals surface area contributed by atoms with Crippen LogP contribution in [0, 0.1) is 0 Å². The van der Waals surface area contributed by atoms with Crippen LogP contribution in [0.2, 0.25) is 0 Å². The summed E-state index contributed by atoms with van der Waals surface area (Å²) < 4.78 is 0. The summed E-state index contributed by atoms with van der Waals surface area (Å²) in [5, 5.41) is 3.86. The molecule has 1 heteroatoms. The summed E-state index contributed by atoms with van der Waals surface area (Å²) >= 11 is 0. The van der Waals surface area contributed by atoms with Crippen molar-refractivity contribution in [1.29, 1.82) is 0 Å². The lowest BCUT2D eigenvalue weighted by Gasteiger charge is -2.23. The Labute approximate surface area is 93.6 Å². The van der Waals surface area contributed by atoms with E-state index in [9.17, 15) is 0 Å². The zero-order chi connectivity index (χ0) is 10.3. The van der Waals surface area contributed by atoms with Crippen molar-refractivity contribution in [3.8, 4) is 0 Å². The zero-order valence-electron chi connectivity index (χ0n) is 9.62. The molecule has 1 nitrogen and oxygen atoms in total. The molecular weight excluding hydrogens is 182 g/mol. The second-order valence-corrected chi connectivity index (χ2v) is 4.81. The van der Waals surface area contributed by atoms with Gasteiger partial charge in [0.15, 0.2) is 0 Å². The maximum atomic E-state index is 3.86. The van der Waals surface area contributed by atoms with E-state index in [1.54, 1.807) is 0 Å². The fraction of sp³-hybridized carbons (Fsp3) is 0.714. The van der Waals surface area contributed by atoms with Crippen molar-refractivity contribution in [3.63, 3.8) is 0 Å². The van der Waals surface area contributed by atoms with E-state index in [2.05, 4.69) is 29.6 Å². The topological polar surface area (TPSA) is 12.0 Å². The third-order valence-corrected chi connectivity index (χ3v) is 3.53. The molecule has 0 aromatic heterocycles. The number of hydrogen-bond donors (Lipinski definition) is 1. The smallest absolute Gasteiger partial charge is 0.00755 e. The van der Waals surface area contributed by atoms with E-state index < -0.39 is 0 Å². The van der Waals surface area contributed by atoms with Crippen LogP contribution in [-0.4, -0.2) is 12.1 Å². The van der Waals surface area contributed by atoms with Gasteiger partial charge in [-0.3, -0.25) is 0 Å². The lowest BCUT2D eigenvalue weighted by Crippen LogP contribution is -2.37. The van der Waals surface area contributed by atoms with Crippen molar-refractivity contribution < 1.29 is 0 Å². The highest BCUT2D eigenvalue weighted by Crippen LogP contribution is 2.17. The van der Waals surface area contributed by atoms with Crippen molar-refractivity contribution in [2.75, 3.05) is 0 Å². The largest absolute Gasteiger partial charge is 0.311 e. The first-order valence-electron chi connectivity index (χ1n) is 6.51. The molecular formula is C14H23N. The van der Waals surface area contributed by atoms with Crippen molar-refractivity contribution in [1.82, 2.24) is 5.32 Å². The standard InChI is InChI=1S/C14H23N/c1-2-6-10-13(9-5-1)15-14-11-7-3-4-8-12-14/h1-4,13-15H,5-12H2. The molecule has 84 valence electrons. The Morgan fingerprint density at radius 3 is 1.27 bits per heavy atom. The summed E-state index contributed by atoms with van der Waals surface area (Å²) in [5.41, 5.74) is 0. The zero-order valence-corrected chi connectivity index (χ0v) is 9.62. The van der Waals surface area contributed by atoms with Gasteiger partial charge in [-0.2, -0.15) is 0 Å². The average Bonchev–Trinajstić information content (AvgIpc) is 2.63. The lowest BCUT2D eigenvalue weighted by atomic mass is 10.0. The van der Waals surface area contributed by atoms with Gasteiger partial charge in [-0.1, -0.05) is 24.3 Å². The summed E-state index contributed by atoms with van der Waals surface area (Å²) in [6.45, 7) is 0. The average molecular weight is 205 g/mol. The number of rotatable bonds is 2. The first-order valence-corrected chi connectivity index (χ1v) is 6.51. The van der Waals surface area contributed by atoms with Crippen LogP contribution < -0.4 is 5.32 Å². The summed E-state index contributed by atoms with van der Waals surface area (Å²) in [4.78, 5) is 0. The third kappa shape index (κ3) is 3.83. The van der Waals surface area contributed by atoms with Gasteiger partial charge < -0.3 is 5.32 Å². The molecule has 2 aliphatic rings. The lowest BCUT2D eigenvalue weighted by molar-refractivity contribution is 0.372. The van der Waals surface area contributed by atoms with E-state index in [1.165, 1.54) is 51.4 Å². The van der Waals surface area contributed by atoms with Gasteiger partial charge in [-0.05, 0) is 51.4 Å². The highest BCUT2D eigenvalue weighted by Gasteiger charge is 2.15. The molecule has 2 rings (SSSR count). The molecule has 2 aliphatic carbocycles. The van der Waals surface area contributed by atoms with Gasteiger partial charge in [0.05, 0.1) is 0 Å². The van der Waals surface area contributed by atoms with Gasteiger partial charge >= 0.3 is 0 Å². The molecule has 1 N–H and O–H groups in total. The molecule has 0 atom stereocenters. The Bertz CT molecular complexity index is 185. The van der Waals surface area contributed by atoms with Crippen LogP contribution >= 0.6 is 0 Å². The molecule has 0 saturated carbocycles. The van der Waals surface area contributed by atoms with Gasteiger partial charge in [-0.15, -0.1) is 0 Å². The second-order valence-electron chi connectivity index (χ2n) is 4.81. The highest BCUT2D eigenvalue weighted by atomic mass is 14.9. The number of nitrogens with one attached hydrogen (secondary N) is 1. The molecule has 0 aromatic carbocycles. The van der Waals surface area contributed by atoms with Crippen molar-refractivity contribution >= 4 is 0 Å². The molecule has 0 aromatic rings. The normalized spacial score (nSPS) is 25.1. The highest BCUT2D eigenvalue weighted by molar-refractivity contribution is 4.92. The Kier molecular flexibility index (Phi) is 4.46. The van der Waals surface area contributed by atoms with E-state index in [1.807, 2.05) is 0 Å². The van der Waals surface area contributed by atoms with Gasteiger partial charge in [-0.25, -0.2) is 0 Å². The molecule has 0 fully saturated rings. The predicted molar refractivity (Wildman–Crippen MR) is 65.9 cm³/mol. The molecule has 0 heterocycles. The van der Waals surface area contributed by atoms with Crippen LogP contribution in [0.3, 0.4) is 0 Å². The minimum absolute atomic E-state index is 0.767. The molecule has 15 heavy (non-hydrogen) atoms. The van der Waals surface area contributed by atoms with Crippen LogP contribution in [0.5, 0.6) is 0 Å². The molecule has 0 amide bonds. The van der Waals surface area contributed by atoms with Crippen LogP contribution in [0.4, 0.5) is 0 Å². The molecule has 0 bridgehead atoms. The Hall–Kier alpha value is -0.560. The van der Waals surface area contributed by atoms with Crippen molar-refractivity contribution in [2.45, 2.75) is 63.5 Å². The SMILES string of the molecule is C1=CCCC(NC2CCC=CCC2)CC1. The van der Waals surface area contributed by atoms with Crippen LogP contribution in [0.1, 0.15) is 51.4 Å². The Morgan fingerprint density at radius 1 is 0.600 bits per heavy atom. The van der Waals surface area contributed by atoms with E-state index in [0.717, 1.165) is 12.1 Å². The van der Waals surface area contributed by atoms with E-state index in [-0.39, 0.29) is 0 Å². The van der Waals surface area contributed by atoms with Crippen molar-refractivity contribution in [2.24, 2.45) is 0 Å². The third-order valence-electron chi connectivity index (χ3n) is 3.53. The van der Waals surface area contributed by atoms with Crippen LogP contribution in [-0.2, 0) is 0 Å². The van der Waals surface area contributed by atoms with Crippen molar-refractivity contribution in [3.05, 3.63) is 24.3 Å². The van der Waals surface area contributed by atoms with Crippen LogP contribution in [0.15, 0.2) is 24.3 Å². The maximum absolute atomic E-state index is 3.86. The molecule has 0 aliphatic heterocycles. The maximum Gasteiger partial charge on any atom is 0.00755 e.